The highest BCUT2D eigenvalue weighted by molar-refractivity contribution is 7.85. The first kappa shape index (κ1) is 29.1. The second-order valence-corrected chi connectivity index (χ2v) is 9.50. The van der Waals surface area contributed by atoms with Crippen LogP contribution in [0.25, 0.3) is 0 Å². The van der Waals surface area contributed by atoms with Crippen molar-refractivity contribution < 1.29 is 17.5 Å². The first-order chi connectivity index (χ1) is 12.8. The summed E-state index contributed by atoms with van der Waals surface area (Å²) in [5.41, 5.74) is 0. The van der Waals surface area contributed by atoms with Crippen molar-refractivity contribution in [2.75, 3.05) is 31.9 Å². The summed E-state index contributed by atoms with van der Waals surface area (Å²) < 4.78 is 31.5. The van der Waals surface area contributed by atoms with E-state index in [4.69, 9.17) is 0 Å². The van der Waals surface area contributed by atoms with Crippen LogP contribution in [0.4, 0.5) is 0 Å². The lowest BCUT2D eigenvalue weighted by molar-refractivity contribution is -0.929. The highest BCUT2D eigenvalue weighted by Gasteiger charge is 2.24. The molecule has 0 unspecified atom stereocenters. The Morgan fingerprint density at radius 2 is 0.889 bits per heavy atom. The minimum Gasteiger partial charge on any atom is -0.748 e. The number of quaternary nitrogens is 1. The molecule has 0 bridgehead atoms. The van der Waals surface area contributed by atoms with Crippen LogP contribution in [0.15, 0.2) is 0 Å². The molecule has 5 heteroatoms. The molecule has 0 atom stereocenters. The minimum atomic E-state index is -3.95. The van der Waals surface area contributed by atoms with E-state index in [1.807, 2.05) is 6.92 Å². The highest BCUT2D eigenvalue weighted by atomic mass is 32.2. The Labute approximate surface area is 171 Å². The summed E-state index contributed by atoms with van der Waals surface area (Å²) in [6, 6.07) is 0. The maximum atomic E-state index is 10.0. The van der Waals surface area contributed by atoms with Gasteiger partial charge in [-0.15, -0.1) is 0 Å². The van der Waals surface area contributed by atoms with E-state index in [1.165, 1.54) is 82.0 Å². The van der Waals surface area contributed by atoms with E-state index >= 15 is 0 Å². The van der Waals surface area contributed by atoms with Crippen LogP contribution in [0.2, 0.25) is 0 Å². The smallest absolute Gasteiger partial charge is 0.0945 e. The zero-order valence-electron chi connectivity index (χ0n) is 19.1. The van der Waals surface area contributed by atoms with Crippen LogP contribution in [-0.2, 0) is 10.1 Å². The quantitative estimate of drug-likeness (QED) is 0.166. The molecule has 0 aliphatic rings. The predicted octanol–water partition coefficient (Wildman–Crippen LogP) is 6.12. The lowest BCUT2D eigenvalue weighted by atomic mass is 10.1. The van der Waals surface area contributed by atoms with Gasteiger partial charge in [-0.3, -0.25) is 0 Å². The van der Waals surface area contributed by atoms with E-state index in [0.717, 1.165) is 19.3 Å². The Morgan fingerprint density at radius 3 is 1.15 bits per heavy atom. The van der Waals surface area contributed by atoms with Crippen molar-refractivity contribution in [2.45, 2.75) is 112 Å². The lowest BCUT2D eigenvalue weighted by Gasteiger charge is -2.39. The largest absolute Gasteiger partial charge is 0.748 e. The Bertz CT molecular complexity index is 359. The van der Waals surface area contributed by atoms with Gasteiger partial charge in [0.05, 0.1) is 36.3 Å². The molecule has 0 heterocycles. The Kier molecular flexibility index (Phi) is 20.7. The third-order valence-corrected chi connectivity index (χ3v) is 5.98. The van der Waals surface area contributed by atoms with Crippen LogP contribution in [-0.4, -0.2) is 49.4 Å². The molecule has 0 rings (SSSR count). The summed E-state index contributed by atoms with van der Waals surface area (Å²) in [7, 11) is -3.95. The maximum absolute atomic E-state index is 10.0. The first-order valence-corrected chi connectivity index (χ1v) is 13.2. The van der Waals surface area contributed by atoms with Gasteiger partial charge in [-0.1, -0.05) is 79.6 Å². The first-order valence-electron chi connectivity index (χ1n) is 11.6. The van der Waals surface area contributed by atoms with Crippen molar-refractivity contribution in [3.63, 3.8) is 0 Å². The van der Waals surface area contributed by atoms with Crippen molar-refractivity contribution in [3.8, 4) is 0 Å². The molecule has 0 N–H and O–H groups in total. The van der Waals surface area contributed by atoms with E-state index in [-0.39, 0.29) is 5.75 Å². The maximum Gasteiger partial charge on any atom is 0.0945 e. The van der Waals surface area contributed by atoms with Crippen molar-refractivity contribution in [3.05, 3.63) is 0 Å². The summed E-state index contributed by atoms with van der Waals surface area (Å²) in [5, 5.41) is 0. The van der Waals surface area contributed by atoms with Gasteiger partial charge in [-0.2, -0.15) is 0 Å². The van der Waals surface area contributed by atoms with Gasteiger partial charge in [0.25, 0.3) is 0 Å². The van der Waals surface area contributed by atoms with E-state index in [9.17, 15) is 13.0 Å². The molecule has 0 aromatic heterocycles. The molecule has 0 radical (unpaired) electrons. The molecule has 0 saturated carbocycles. The monoisotopic (exact) mass is 407 g/mol. The average molecular weight is 408 g/mol. The van der Waals surface area contributed by atoms with E-state index in [1.54, 1.807) is 0 Å². The van der Waals surface area contributed by atoms with Crippen molar-refractivity contribution >= 4 is 10.1 Å². The van der Waals surface area contributed by atoms with Gasteiger partial charge in [-0.05, 0) is 32.1 Å². The zero-order chi connectivity index (χ0) is 21.0. The third kappa shape index (κ3) is 20.4. The molecular formula is C22H49NO3S. The van der Waals surface area contributed by atoms with Crippen LogP contribution >= 0.6 is 0 Å². The van der Waals surface area contributed by atoms with Crippen LogP contribution in [0, 0.1) is 0 Å². The topological polar surface area (TPSA) is 57.2 Å². The van der Waals surface area contributed by atoms with Gasteiger partial charge < -0.3 is 9.04 Å². The second-order valence-electron chi connectivity index (χ2n) is 7.97. The molecule has 0 aromatic rings. The molecule has 0 spiro atoms. The molecule has 4 nitrogen and oxygen atoms in total. The number of hydrogen-bond acceptors (Lipinski definition) is 3. The predicted molar refractivity (Wildman–Crippen MR) is 118 cm³/mol. The molecule has 0 aliphatic heterocycles. The zero-order valence-corrected chi connectivity index (χ0v) is 19.9. The highest BCUT2D eigenvalue weighted by Crippen LogP contribution is 2.16. The Hall–Kier alpha value is -0.130. The van der Waals surface area contributed by atoms with Gasteiger partial charge in [0, 0.05) is 5.75 Å². The fourth-order valence-electron chi connectivity index (χ4n) is 3.35. The molecule has 0 saturated heterocycles. The molecule has 0 amide bonds. The fraction of sp³-hybridized carbons (Fsp3) is 1.00. The fourth-order valence-corrected chi connectivity index (χ4v) is 3.91. The standard InChI is InChI=1S/C16H36N.C6H14O3S/c1-5-9-13-17(14-10-6-2,15-11-7-3)16-12-8-4;1-2-3-4-5-6-10(7,8)9/h5-16H2,1-4H3;2-6H2,1H3,(H,7,8,9)/q+1;/p-1. The summed E-state index contributed by atoms with van der Waals surface area (Å²) in [6.45, 7) is 17.1. The van der Waals surface area contributed by atoms with Crippen LogP contribution in [0.3, 0.4) is 0 Å². The number of nitrogens with zero attached hydrogens (tertiary/aromatic N) is 1. The molecule has 166 valence electrons. The van der Waals surface area contributed by atoms with Crippen LogP contribution < -0.4 is 0 Å². The Balaban J connectivity index is 0. The second kappa shape index (κ2) is 19.2. The number of unbranched alkanes of at least 4 members (excludes halogenated alkanes) is 7. The lowest BCUT2D eigenvalue weighted by Crippen LogP contribution is -2.50. The average Bonchev–Trinajstić information content (AvgIpc) is 2.64. The van der Waals surface area contributed by atoms with Crippen LogP contribution in [0.1, 0.15) is 112 Å². The number of hydrogen-bond donors (Lipinski definition) is 0. The number of rotatable bonds is 17. The third-order valence-electron chi connectivity index (χ3n) is 5.19. The van der Waals surface area contributed by atoms with Gasteiger partial charge >= 0.3 is 0 Å². The van der Waals surface area contributed by atoms with Gasteiger partial charge in [-0.25, -0.2) is 8.42 Å². The normalized spacial score (nSPS) is 11.9. The van der Waals surface area contributed by atoms with Crippen molar-refractivity contribution in [1.82, 2.24) is 0 Å². The molecule has 0 aromatic carbocycles. The minimum absolute atomic E-state index is 0.201. The van der Waals surface area contributed by atoms with E-state index in [2.05, 4.69) is 27.7 Å². The van der Waals surface area contributed by atoms with Crippen molar-refractivity contribution in [1.29, 1.82) is 0 Å². The Morgan fingerprint density at radius 1 is 0.556 bits per heavy atom. The SMILES string of the molecule is CCCCCCS(=O)(=O)[O-].CCCC[N+](CCCC)(CCCC)CCCC. The van der Waals surface area contributed by atoms with E-state index in [0.29, 0.717) is 6.42 Å². The molecular weight excluding hydrogens is 358 g/mol. The van der Waals surface area contributed by atoms with E-state index < -0.39 is 10.1 Å². The molecule has 0 fully saturated rings. The summed E-state index contributed by atoms with van der Waals surface area (Å²) in [4.78, 5) is 0. The van der Waals surface area contributed by atoms with Crippen molar-refractivity contribution in [2.24, 2.45) is 0 Å². The summed E-state index contributed by atoms with van der Waals surface area (Å²) >= 11 is 0. The van der Waals surface area contributed by atoms with Gasteiger partial charge in [0.1, 0.15) is 0 Å². The molecule has 0 aliphatic carbocycles. The summed E-state index contributed by atoms with van der Waals surface area (Å²) in [6.07, 6.45) is 14.5. The summed E-state index contributed by atoms with van der Waals surface area (Å²) in [5.74, 6) is -0.201. The van der Waals surface area contributed by atoms with Crippen LogP contribution in [0.5, 0.6) is 0 Å². The molecule has 27 heavy (non-hydrogen) atoms. The van der Waals surface area contributed by atoms with Gasteiger partial charge in [0.2, 0.25) is 0 Å². The van der Waals surface area contributed by atoms with Gasteiger partial charge in [0.15, 0.2) is 0 Å².